The highest BCUT2D eigenvalue weighted by Crippen LogP contribution is 2.24. The predicted octanol–water partition coefficient (Wildman–Crippen LogP) is 4.87. The van der Waals surface area contributed by atoms with Gasteiger partial charge in [-0.3, -0.25) is 4.79 Å². The third kappa shape index (κ3) is 6.24. The highest BCUT2D eigenvalue weighted by molar-refractivity contribution is 9.10. The number of amides is 2. The van der Waals surface area contributed by atoms with Gasteiger partial charge in [-0.15, -0.1) is 0 Å². The zero-order valence-corrected chi connectivity index (χ0v) is 20.8. The molecule has 1 fully saturated rings. The molecule has 1 aliphatic rings. The van der Waals surface area contributed by atoms with Crippen LogP contribution in [0.1, 0.15) is 15.9 Å². The van der Waals surface area contributed by atoms with Crippen molar-refractivity contribution in [2.45, 2.75) is 6.61 Å². The topological polar surface area (TPSA) is 91.3 Å². The van der Waals surface area contributed by atoms with Crippen LogP contribution in [0.2, 0.25) is 0 Å². The van der Waals surface area contributed by atoms with E-state index in [2.05, 4.69) is 26.1 Å². The van der Waals surface area contributed by atoms with Crippen LogP contribution in [0.4, 0.5) is 16.2 Å². The highest BCUT2D eigenvalue weighted by Gasteiger charge is 2.23. The van der Waals surface area contributed by atoms with Gasteiger partial charge in [-0.1, -0.05) is 15.9 Å². The molecular weight excluding hydrogens is 514 g/mol. The first kappa shape index (κ1) is 24.4. The molecule has 2 amide bonds. The van der Waals surface area contributed by atoms with Gasteiger partial charge < -0.3 is 29.7 Å². The Balaban J connectivity index is 1.27. The number of carbonyl (C=O) groups is 2. The van der Waals surface area contributed by atoms with E-state index in [-0.39, 0.29) is 24.4 Å². The first-order valence-electron chi connectivity index (χ1n) is 11.1. The van der Waals surface area contributed by atoms with Crippen LogP contribution in [0.5, 0.6) is 11.5 Å². The van der Waals surface area contributed by atoms with Gasteiger partial charge in [-0.2, -0.15) is 0 Å². The summed E-state index contributed by atoms with van der Waals surface area (Å²) >= 11 is 3.42. The van der Waals surface area contributed by atoms with Crippen molar-refractivity contribution in [2.24, 2.45) is 0 Å². The summed E-state index contributed by atoms with van der Waals surface area (Å²) in [5.74, 6) is 0.591. The molecule has 0 unspecified atom stereocenters. The molecule has 4 rings (SSSR count). The zero-order valence-electron chi connectivity index (χ0n) is 19.2. The number of piperazine rings is 1. The van der Waals surface area contributed by atoms with Gasteiger partial charge in [0.15, 0.2) is 0 Å². The summed E-state index contributed by atoms with van der Waals surface area (Å²) in [6.45, 7) is 2.53. The van der Waals surface area contributed by atoms with E-state index in [1.54, 1.807) is 36.3 Å². The summed E-state index contributed by atoms with van der Waals surface area (Å²) < 4.78 is 11.7. The Bertz CT molecular complexity index is 1180. The van der Waals surface area contributed by atoms with Crippen LogP contribution in [-0.4, -0.2) is 55.3 Å². The Hall–Kier alpha value is -3.72. The third-order valence-electron chi connectivity index (χ3n) is 5.75. The molecule has 3 aromatic rings. The largest absolute Gasteiger partial charge is 0.508 e. The van der Waals surface area contributed by atoms with Gasteiger partial charge in [0.25, 0.3) is 5.91 Å². The Kier molecular flexibility index (Phi) is 7.77. The van der Waals surface area contributed by atoms with Crippen LogP contribution < -0.4 is 15.0 Å². The average molecular weight is 540 g/mol. The van der Waals surface area contributed by atoms with Crippen molar-refractivity contribution in [3.63, 3.8) is 0 Å². The fourth-order valence-corrected chi connectivity index (χ4v) is 4.22. The molecule has 0 aliphatic carbocycles. The van der Waals surface area contributed by atoms with Crippen LogP contribution in [0.25, 0.3) is 0 Å². The first-order valence-corrected chi connectivity index (χ1v) is 11.9. The van der Waals surface area contributed by atoms with Crippen molar-refractivity contribution in [2.75, 3.05) is 43.5 Å². The summed E-state index contributed by atoms with van der Waals surface area (Å²) in [5.41, 5.74) is 2.92. The van der Waals surface area contributed by atoms with E-state index in [0.717, 1.165) is 15.7 Å². The minimum absolute atomic E-state index is 0.134. The summed E-state index contributed by atoms with van der Waals surface area (Å²) in [7, 11) is 1.59. The monoisotopic (exact) mass is 539 g/mol. The number of methoxy groups -OCH3 is 1. The Morgan fingerprint density at radius 2 is 1.66 bits per heavy atom. The molecule has 0 spiro atoms. The molecule has 9 heteroatoms. The van der Waals surface area contributed by atoms with Crippen LogP contribution in [0, 0.1) is 0 Å². The average Bonchev–Trinajstić information content (AvgIpc) is 2.89. The molecule has 0 aromatic heterocycles. The molecule has 35 heavy (non-hydrogen) atoms. The minimum Gasteiger partial charge on any atom is -0.508 e. The third-order valence-corrected chi connectivity index (χ3v) is 6.24. The number of benzene rings is 3. The lowest BCUT2D eigenvalue weighted by molar-refractivity contribution is 0.0934. The lowest BCUT2D eigenvalue weighted by atomic mass is 10.1. The van der Waals surface area contributed by atoms with Crippen LogP contribution in [0.3, 0.4) is 0 Å². The Labute approximate surface area is 212 Å². The number of ether oxygens (including phenoxy) is 2. The van der Waals surface area contributed by atoms with Crippen molar-refractivity contribution < 1.29 is 24.2 Å². The summed E-state index contributed by atoms with van der Waals surface area (Å²) in [6.07, 6.45) is -0.354. The van der Waals surface area contributed by atoms with Crippen LogP contribution in [-0.2, 0) is 11.3 Å². The van der Waals surface area contributed by atoms with Gasteiger partial charge in [0.1, 0.15) is 18.1 Å². The maximum atomic E-state index is 12.6. The SMILES string of the molecule is COc1ccc(Br)cc1COC(=O)N1CCN(c2ccc(C(=O)Nc3ccc(O)cc3)cc2)CC1. The number of nitrogens with one attached hydrogen (secondary N) is 1. The predicted molar refractivity (Wildman–Crippen MR) is 137 cm³/mol. The Morgan fingerprint density at radius 3 is 2.31 bits per heavy atom. The standard InChI is InChI=1S/C26H26BrN3O5/c1-34-24-11-4-20(27)16-19(24)17-35-26(33)30-14-12-29(13-15-30)22-7-2-18(3-8-22)25(32)28-21-5-9-23(31)10-6-21/h2-11,16,31H,12-15,17H2,1H3,(H,28,32). The van der Waals surface area contributed by atoms with E-state index in [4.69, 9.17) is 9.47 Å². The second-order valence-corrected chi connectivity index (χ2v) is 8.95. The van der Waals surface area contributed by atoms with Crippen LogP contribution >= 0.6 is 15.9 Å². The van der Waals surface area contributed by atoms with E-state index in [1.807, 2.05) is 30.3 Å². The molecular formula is C26H26BrN3O5. The molecule has 2 N–H and O–H groups in total. The van der Waals surface area contributed by atoms with E-state index < -0.39 is 0 Å². The summed E-state index contributed by atoms with van der Waals surface area (Å²) in [4.78, 5) is 28.9. The van der Waals surface area contributed by atoms with Gasteiger partial charge in [0.2, 0.25) is 0 Å². The van der Waals surface area contributed by atoms with Gasteiger partial charge in [0, 0.05) is 53.2 Å². The van der Waals surface area contributed by atoms with Crippen molar-refractivity contribution >= 4 is 39.3 Å². The first-order chi connectivity index (χ1) is 16.9. The number of halogens is 1. The molecule has 0 atom stereocenters. The second-order valence-electron chi connectivity index (χ2n) is 8.03. The van der Waals surface area contributed by atoms with Crippen LogP contribution in [0.15, 0.2) is 71.2 Å². The summed E-state index contributed by atoms with van der Waals surface area (Å²) in [6, 6.07) is 19.2. The lowest BCUT2D eigenvalue weighted by Crippen LogP contribution is -2.48. The van der Waals surface area contributed by atoms with Gasteiger partial charge in [0.05, 0.1) is 7.11 Å². The van der Waals surface area contributed by atoms with E-state index in [0.29, 0.717) is 43.2 Å². The van der Waals surface area contributed by atoms with Crippen molar-refractivity contribution in [1.82, 2.24) is 4.90 Å². The number of nitrogens with zero attached hydrogens (tertiary/aromatic N) is 2. The highest BCUT2D eigenvalue weighted by atomic mass is 79.9. The maximum Gasteiger partial charge on any atom is 0.410 e. The number of phenols is 1. The smallest absolute Gasteiger partial charge is 0.410 e. The number of hydrogen-bond donors (Lipinski definition) is 2. The number of carbonyl (C=O) groups excluding carboxylic acids is 2. The van der Waals surface area contributed by atoms with Crippen molar-refractivity contribution in [3.8, 4) is 11.5 Å². The van der Waals surface area contributed by atoms with Gasteiger partial charge in [-0.25, -0.2) is 4.79 Å². The van der Waals surface area contributed by atoms with E-state index >= 15 is 0 Å². The molecule has 3 aromatic carbocycles. The fourth-order valence-electron chi connectivity index (χ4n) is 3.81. The van der Waals surface area contributed by atoms with Crippen molar-refractivity contribution in [1.29, 1.82) is 0 Å². The quantitative estimate of drug-likeness (QED) is 0.434. The number of anilines is 2. The molecule has 182 valence electrons. The fraction of sp³-hybridized carbons (Fsp3) is 0.231. The van der Waals surface area contributed by atoms with E-state index in [9.17, 15) is 14.7 Å². The molecule has 0 radical (unpaired) electrons. The van der Waals surface area contributed by atoms with E-state index in [1.165, 1.54) is 12.1 Å². The molecule has 1 saturated heterocycles. The second kappa shape index (κ2) is 11.1. The van der Waals surface area contributed by atoms with Crippen molar-refractivity contribution in [3.05, 3.63) is 82.3 Å². The molecule has 8 nitrogen and oxygen atoms in total. The lowest BCUT2D eigenvalue weighted by Gasteiger charge is -2.35. The molecule has 1 heterocycles. The number of hydrogen-bond acceptors (Lipinski definition) is 6. The van der Waals surface area contributed by atoms with Gasteiger partial charge >= 0.3 is 6.09 Å². The number of aromatic hydroxyl groups is 1. The molecule has 0 bridgehead atoms. The minimum atomic E-state index is -0.354. The Morgan fingerprint density at radius 1 is 0.971 bits per heavy atom. The number of rotatable bonds is 6. The zero-order chi connectivity index (χ0) is 24.8. The molecule has 1 aliphatic heterocycles. The summed E-state index contributed by atoms with van der Waals surface area (Å²) in [5, 5.41) is 12.2. The maximum absolute atomic E-state index is 12.6. The number of phenolic OH excluding ortho intramolecular Hbond substituents is 1. The molecule has 0 saturated carbocycles. The van der Waals surface area contributed by atoms with Gasteiger partial charge in [-0.05, 0) is 66.7 Å². The normalized spacial score (nSPS) is 13.3.